The number of nitrogens with zero attached hydrogens (tertiary/aromatic N) is 1. The fraction of sp³-hybridized carbons (Fsp3) is 0.222. The summed E-state index contributed by atoms with van der Waals surface area (Å²) in [6, 6.07) is 19.9. The number of aromatic amines is 1. The molecule has 11 heteroatoms. The van der Waals surface area contributed by atoms with E-state index in [1.807, 2.05) is 48.5 Å². The Morgan fingerprint density at radius 3 is 2.50 bits per heavy atom. The number of ether oxygens (including phenoxy) is 3. The molecule has 1 aliphatic rings. The molecular weight excluding hydrogens is 530 g/mol. The predicted molar refractivity (Wildman–Crippen MR) is 144 cm³/mol. The Morgan fingerprint density at radius 2 is 1.79 bits per heavy atom. The molecule has 1 amide bonds. The molecule has 1 atom stereocenters. The van der Waals surface area contributed by atoms with Gasteiger partial charge in [0.1, 0.15) is 34.8 Å². The largest absolute Gasteiger partial charge is 0.496 e. The van der Waals surface area contributed by atoms with Crippen LogP contribution in [0, 0.1) is 0 Å². The van der Waals surface area contributed by atoms with E-state index < -0.39 is 22.0 Å². The second-order valence-corrected chi connectivity index (χ2v) is 11.1. The van der Waals surface area contributed by atoms with Gasteiger partial charge in [0.15, 0.2) is 0 Å². The van der Waals surface area contributed by atoms with Crippen molar-refractivity contribution in [3.8, 4) is 22.6 Å². The number of para-hydroxylation sites is 2. The maximum absolute atomic E-state index is 13.8. The number of primary amides is 1. The Morgan fingerprint density at radius 1 is 1.11 bits per heavy atom. The molecule has 4 aromatic rings. The number of hydrogen-bond donors (Lipinski definition) is 2. The fourth-order valence-electron chi connectivity index (χ4n) is 4.59. The number of aromatic nitrogens is 1. The Kier molecular flexibility index (Phi) is 7.31. The highest BCUT2D eigenvalue weighted by atomic mass is 35.5. The number of benzene rings is 3. The molecule has 38 heavy (non-hydrogen) atoms. The Hall–Kier alpha value is -3.57. The van der Waals surface area contributed by atoms with Crippen molar-refractivity contribution < 1.29 is 27.4 Å². The smallest absolute Gasteiger partial charge is 0.266 e. The van der Waals surface area contributed by atoms with Crippen LogP contribution in [0.4, 0.5) is 0 Å². The number of halogens is 1. The van der Waals surface area contributed by atoms with Crippen LogP contribution in [0.15, 0.2) is 71.6 Å². The average molecular weight is 556 g/mol. The van der Waals surface area contributed by atoms with Crippen molar-refractivity contribution >= 4 is 38.4 Å². The van der Waals surface area contributed by atoms with Gasteiger partial charge in [-0.15, -0.1) is 0 Å². The summed E-state index contributed by atoms with van der Waals surface area (Å²) < 4.78 is 46.3. The monoisotopic (exact) mass is 555 g/mol. The van der Waals surface area contributed by atoms with Gasteiger partial charge in [-0.1, -0.05) is 48.0 Å². The Balaban J connectivity index is 1.39. The van der Waals surface area contributed by atoms with Gasteiger partial charge in [-0.2, -0.15) is 4.31 Å². The van der Waals surface area contributed by atoms with E-state index in [9.17, 15) is 13.2 Å². The molecule has 0 unspecified atom stereocenters. The first-order valence-electron chi connectivity index (χ1n) is 11.9. The highest BCUT2D eigenvalue weighted by Crippen LogP contribution is 2.36. The molecule has 0 radical (unpaired) electrons. The molecule has 1 fully saturated rings. The van der Waals surface area contributed by atoms with Crippen molar-refractivity contribution in [1.82, 2.24) is 9.29 Å². The quantitative estimate of drug-likeness (QED) is 0.338. The van der Waals surface area contributed by atoms with Crippen molar-refractivity contribution in [1.29, 1.82) is 0 Å². The third kappa shape index (κ3) is 4.95. The summed E-state index contributed by atoms with van der Waals surface area (Å²) in [5.74, 6) is 0.443. The number of carbonyl (C=O) groups excluding carboxylic acids is 1. The average Bonchev–Trinajstić information content (AvgIpc) is 3.32. The van der Waals surface area contributed by atoms with Gasteiger partial charge in [0, 0.05) is 40.1 Å². The second-order valence-electron chi connectivity index (χ2n) is 8.75. The standard InChI is InChI=1S/C27H26ClN3O6S/c1-35-23-8-4-2-6-19(23)20-7-3-5-9-24(20)37-16-18-15-31(12-13-36-18)38(33,34)26-21-14-17(28)10-11-22(21)30-25(26)27(29)32/h2-11,14,18,30H,12-13,15-16H2,1H3,(H2,29,32)/t18-/m0/s1. The van der Waals surface area contributed by atoms with E-state index in [4.69, 9.17) is 31.5 Å². The molecule has 0 aliphatic carbocycles. The van der Waals surface area contributed by atoms with Crippen molar-refractivity contribution in [3.63, 3.8) is 0 Å². The molecule has 9 nitrogen and oxygen atoms in total. The number of amides is 1. The molecule has 1 aliphatic heterocycles. The highest BCUT2D eigenvalue weighted by Gasteiger charge is 2.36. The van der Waals surface area contributed by atoms with Crippen LogP contribution in [0.2, 0.25) is 5.02 Å². The van der Waals surface area contributed by atoms with Crippen LogP contribution in [0.25, 0.3) is 22.0 Å². The summed E-state index contributed by atoms with van der Waals surface area (Å²) in [5.41, 5.74) is 7.50. The summed E-state index contributed by atoms with van der Waals surface area (Å²) in [6.07, 6.45) is -0.546. The molecule has 0 bridgehead atoms. The number of hydrogen-bond acceptors (Lipinski definition) is 6. The number of nitrogens with two attached hydrogens (primary N) is 1. The van der Waals surface area contributed by atoms with Crippen molar-refractivity contribution in [2.24, 2.45) is 5.73 Å². The number of H-pyrrole nitrogens is 1. The Bertz CT molecular complexity index is 1600. The lowest BCUT2D eigenvalue weighted by Crippen LogP contribution is -2.47. The van der Waals surface area contributed by atoms with E-state index >= 15 is 0 Å². The van der Waals surface area contributed by atoms with E-state index in [0.29, 0.717) is 27.4 Å². The minimum absolute atomic E-state index is 0.0323. The van der Waals surface area contributed by atoms with Crippen LogP contribution >= 0.6 is 11.6 Å². The van der Waals surface area contributed by atoms with Crippen LogP contribution in [-0.4, -0.2) is 63.1 Å². The zero-order valence-corrected chi connectivity index (χ0v) is 22.1. The number of fused-ring (bicyclic) bond motifs is 1. The molecule has 2 heterocycles. The number of morpholine rings is 1. The summed E-state index contributed by atoms with van der Waals surface area (Å²) in [7, 11) is -2.51. The van der Waals surface area contributed by atoms with Crippen LogP contribution in [0.3, 0.4) is 0 Å². The van der Waals surface area contributed by atoms with E-state index in [2.05, 4.69) is 4.98 Å². The SMILES string of the molecule is COc1ccccc1-c1ccccc1OC[C@@H]1CN(S(=O)(=O)c2c(C(N)=O)[nH]c3ccc(Cl)cc23)CCO1. The summed E-state index contributed by atoms with van der Waals surface area (Å²) >= 11 is 6.13. The van der Waals surface area contributed by atoms with E-state index in [1.54, 1.807) is 19.2 Å². The van der Waals surface area contributed by atoms with Gasteiger partial charge in [-0.3, -0.25) is 4.79 Å². The van der Waals surface area contributed by atoms with Crippen molar-refractivity contribution in [2.75, 3.05) is 33.4 Å². The molecule has 5 rings (SSSR count). The number of carbonyl (C=O) groups is 1. The fourth-order valence-corrected chi connectivity index (χ4v) is 6.55. The van der Waals surface area contributed by atoms with Gasteiger partial charge in [-0.05, 0) is 30.3 Å². The van der Waals surface area contributed by atoms with E-state index in [-0.39, 0.29) is 36.9 Å². The molecule has 1 saturated heterocycles. The first kappa shape index (κ1) is 26.1. The van der Waals surface area contributed by atoms with Gasteiger partial charge < -0.3 is 24.9 Å². The zero-order valence-electron chi connectivity index (χ0n) is 20.5. The van der Waals surface area contributed by atoms with Gasteiger partial charge in [0.05, 0.1) is 13.7 Å². The maximum atomic E-state index is 13.8. The second kappa shape index (κ2) is 10.7. The molecule has 0 saturated carbocycles. The van der Waals surface area contributed by atoms with E-state index in [1.165, 1.54) is 10.4 Å². The lowest BCUT2D eigenvalue weighted by Gasteiger charge is -2.32. The molecule has 1 aromatic heterocycles. The normalized spacial score (nSPS) is 16.4. The summed E-state index contributed by atoms with van der Waals surface area (Å²) in [5, 5.41) is 0.641. The minimum atomic E-state index is -4.12. The van der Waals surface area contributed by atoms with Crippen LogP contribution in [-0.2, 0) is 14.8 Å². The van der Waals surface area contributed by atoms with Crippen LogP contribution < -0.4 is 15.2 Å². The molecule has 0 spiro atoms. The lowest BCUT2D eigenvalue weighted by molar-refractivity contribution is -0.0248. The van der Waals surface area contributed by atoms with E-state index in [0.717, 1.165) is 11.1 Å². The van der Waals surface area contributed by atoms with Gasteiger partial charge in [0.2, 0.25) is 10.0 Å². The third-order valence-corrected chi connectivity index (χ3v) is 8.55. The minimum Gasteiger partial charge on any atom is -0.496 e. The highest BCUT2D eigenvalue weighted by molar-refractivity contribution is 7.89. The first-order chi connectivity index (χ1) is 18.3. The zero-order chi connectivity index (χ0) is 26.9. The predicted octanol–water partition coefficient (Wildman–Crippen LogP) is 4.06. The lowest BCUT2D eigenvalue weighted by atomic mass is 10.0. The molecule has 3 aromatic carbocycles. The number of rotatable bonds is 8. The molecule has 198 valence electrons. The van der Waals surface area contributed by atoms with Crippen molar-refractivity contribution in [2.45, 2.75) is 11.0 Å². The first-order valence-corrected chi connectivity index (χ1v) is 13.7. The summed E-state index contributed by atoms with van der Waals surface area (Å²) in [6.45, 7) is 0.420. The summed E-state index contributed by atoms with van der Waals surface area (Å²) in [4.78, 5) is 14.8. The Labute approximate surface area is 225 Å². The topological polar surface area (TPSA) is 124 Å². The van der Waals surface area contributed by atoms with Crippen LogP contribution in [0.1, 0.15) is 10.5 Å². The van der Waals surface area contributed by atoms with Gasteiger partial charge in [-0.25, -0.2) is 8.42 Å². The number of sulfonamides is 1. The number of nitrogens with one attached hydrogen (secondary N) is 1. The molecular formula is C27H26ClN3O6S. The van der Waals surface area contributed by atoms with Gasteiger partial charge in [0.25, 0.3) is 5.91 Å². The van der Waals surface area contributed by atoms with Crippen molar-refractivity contribution in [3.05, 3.63) is 77.4 Å². The van der Waals surface area contributed by atoms with Gasteiger partial charge >= 0.3 is 0 Å². The maximum Gasteiger partial charge on any atom is 0.266 e. The molecule has 3 N–H and O–H groups in total. The van der Waals surface area contributed by atoms with Crippen LogP contribution in [0.5, 0.6) is 11.5 Å². The third-order valence-electron chi connectivity index (χ3n) is 6.37. The number of methoxy groups -OCH3 is 1.